The van der Waals surface area contributed by atoms with Crippen molar-refractivity contribution in [3.05, 3.63) is 12.7 Å². The van der Waals surface area contributed by atoms with E-state index >= 15 is 0 Å². The van der Waals surface area contributed by atoms with Gasteiger partial charge in [0.05, 0.1) is 6.54 Å². The van der Waals surface area contributed by atoms with Crippen molar-refractivity contribution in [2.75, 3.05) is 62.3 Å². The van der Waals surface area contributed by atoms with Crippen LogP contribution in [0.5, 0.6) is 0 Å². The molecule has 2 rings (SSSR count). The molecule has 0 aliphatic carbocycles. The van der Waals surface area contributed by atoms with E-state index in [0.29, 0.717) is 18.9 Å². The zero-order chi connectivity index (χ0) is 30.6. The van der Waals surface area contributed by atoms with Crippen LogP contribution in [0.15, 0.2) is 12.7 Å². The van der Waals surface area contributed by atoms with E-state index in [1.807, 2.05) is 26.2 Å². The fourth-order valence-corrected chi connectivity index (χ4v) is 17.8. The Morgan fingerprint density at radius 3 is 1.73 bits per heavy atom. The topological polar surface area (TPSA) is 132 Å². The highest BCUT2D eigenvalue weighted by Crippen LogP contribution is 2.42. The fourth-order valence-electron chi connectivity index (χ4n) is 5.34. The van der Waals surface area contributed by atoms with Gasteiger partial charge in [0, 0.05) is 55.6 Å². The van der Waals surface area contributed by atoms with Crippen LogP contribution in [0.25, 0.3) is 0 Å². The fraction of sp³-hybridized carbons (Fsp3) is 0.773. The number of urea groups is 3. The maximum Gasteiger partial charge on any atom is 0.668 e. The van der Waals surface area contributed by atoms with Gasteiger partial charge in [-0.15, -0.1) is 6.58 Å². The molecule has 0 aromatic rings. The van der Waals surface area contributed by atoms with Gasteiger partial charge in [-0.3, -0.25) is 0 Å². The molecule has 1 spiro atoms. The Morgan fingerprint density at radius 2 is 1.30 bits per heavy atom. The normalized spacial score (nSPS) is 22.8. The first-order valence-electron chi connectivity index (χ1n) is 13.0. The molecule has 18 heteroatoms. The van der Waals surface area contributed by atoms with Crippen molar-refractivity contribution in [2.24, 2.45) is 0 Å². The predicted molar refractivity (Wildman–Crippen MR) is 153 cm³/mol. The number of carbonyl (C=O) groups is 3. The SMILES string of the molecule is C=CCN1C(=O)N(CCC[Si](C)(C)O[Si](OC)(OC)OC)C(=O)[N+]2(CCC2[Si](C)(C)O[Si](OC)(OC)OC)C1=O. The van der Waals surface area contributed by atoms with Crippen LogP contribution in [0.2, 0.25) is 32.2 Å². The molecule has 6 amide bonds. The molecule has 230 valence electrons. The van der Waals surface area contributed by atoms with E-state index in [0.717, 1.165) is 4.90 Å². The third kappa shape index (κ3) is 6.58. The summed E-state index contributed by atoms with van der Waals surface area (Å²) in [6, 6.07) is -1.19. The van der Waals surface area contributed by atoms with Crippen LogP contribution >= 0.6 is 0 Å². The van der Waals surface area contributed by atoms with Gasteiger partial charge in [0.2, 0.25) is 8.32 Å². The van der Waals surface area contributed by atoms with E-state index < -0.39 is 63.0 Å². The zero-order valence-corrected chi connectivity index (χ0v) is 29.4. The van der Waals surface area contributed by atoms with Gasteiger partial charge in [-0.25, -0.2) is 24.2 Å². The molecule has 2 aliphatic heterocycles. The third-order valence-electron chi connectivity index (χ3n) is 7.46. The van der Waals surface area contributed by atoms with Crippen LogP contribution in [-0.4, -0.2) is 135 Å². The molecular weight excluding hydrogens is 595 g/mol. The highest BCUT2D eigenvalue weighted by molar-refractivity contribution is 6.80. The van der Waals surface area contributed by atoms with Crippen molar-refractivity contribution in [1.82, 2.24) is 9.80 Å². The van der Waals surface area contributed by atoms with Crippen LogP contribution in [0, 0.1) is 0 Å². The van der Waals surface area contributed by atoms with E-state index in [1.54, 1.807) is 0 Å². The second-order valence-corrected chi connectivity index (χ2v) is 24.7. The highest BCUT2D eigenvalue weighted by Gasteiger charge is 2.72. The molecule has 2 aliphatic rings. The van der Waals surface area contributed by atoms with Crippen molar-refractivity contribution in [1.29, 1.82) is 0 Å². The second kappa shape index (κ2) is 13.4. The average molecular weight is 641 g/mol. The molecule has 0 aromatic heterocycles. The highest BCUT2D eigenvalue weighted by atomic mass is 28.5. The van der Waals surface area contributed by atoms with Crippen LogP contribution in [0.4, 0.5) is 14.4 Å². The Bertz CT molecular complexity index is 932. The number of quaternary nitrogens is 1. The number of amides is 6. The van der Waals surface area contributed by atoms with Crippen molar-refractivity contribution in [3.8, 4) is 0 Å². The number of imide groups is 3. The number of nitrogens with zero attached hydrogens (tertiary/aromatic N) is 3. The largest absolute Gasteiger partial charge is 0.668 e. The average Bonchev–Trinajstić information content (AvgIpc) is 2.89. The van der Waals surface area contributed by atoms with Crippen molar-refractivity contribution in [3.63, 3.8) is 0 Å². The first-order chi connectivity index (χ1) is 18.6. The molecule has 2 atom stereocenters. The number of rotatable bonds is 17. The molecule has 2 heterocycles. The van der Waals surface area contributed by atoms with Gasteiger partial charge in [0.1, 0.15) is 12.2 Å². The Labute approximate surface area is 241 Å². The minimum Gasteiger partial charge on any atom is -0.394 e. The van der Waals surface area contributed by atoms with Crippen LogP contribution in [0.3, 0.4) is 0 Å². The lowest BCUT2D eigenvalue weighted by Gasteiger charge is -2.56. The Kier molecular flexibility index (Phi) is 11.8. The minimum atomic E-state index is -3.47. The maximum atomic E-state index is 14.1. The summed E-state index contributed by atoms with van der Waals surface area (Å²) in [5.74, 6) is 0. The zero-order valence-electron chi connectivity index (χ0n) is 25.4. The van der Waals surface area contributed by atoms with Crippen molar-refractivity contribution in [2.45, 2.75) is 50.7 Å². The van der Waals surface area contributed by atoms with Gasteiger partial charge in [-0.2, -0.15) is 4.48 Å². The number of hydrogen-bond acceptors (Lipinski definition) is 11. The monoisotopic (exact) mass is 640 g/mol. The summed E-state index contributed by atoms with van der Waals surface area (Å²) in [6.07, 6.45) is 2.50. The Hall–Kier alpha value is -1.14. The van der Waals surface area contributed by atoms with Gasteiger partial charge >= 0.3 is 36.2 Å². The lowest BCUT2D eigenvalue weighted by Crippen LogP contribution is -2.85. The van der Waals surface area contributed by atoms with Crippen LogP contribution in [0.1, 0.15) is 12.8 Å². The van der Waals surface area contributed by atoms with Gasteiger partial charge in [-0.1, -0.05) is 6.08 Å². The van der Waals surface area contributed by atoms with Gasteiger partial charge in [0.15, 0.2) is 8.32 Å². The number of carbonyl (C=O) groups excluding carboxylic acids is 3. The van der Waals surface area contributed by atoms with E-state index in [4.69, 9.17) is 34.8 Å². The summed E-state index contributed by atoms with van der Waals surface area (Å²) >= 11 is 0. The van der Waals surface area contributed by atoms with E-state index in [-0.39, 0.29) is 19.6 Å². The third-order valence-corrected chi connectivity index (χ3v) is 20.7. The first kappa shape index (κ1) is 35.1. The van der Waals surface area contributed by atoms with E-state index in [1.165, 1.54) is 53.6 Å². The summed E-state index contributed by atoms with van der Waals surface area (Å²) in [6.45, 7) is 11.8. The van der Waals surface area contributed by atoms with Gasteiger partial charge in [-0.05, 0) is 38.7 Å². The van der Waals surface area contributed by atoms with E-state index in [2.05, 4.69) is 6.58 Å². The molecule has 0 saturated carbocycles. The summed E-state index contributed by atoms with van der Waals surface area (Å²) in [5.41, 5.74) is -0.478. The molecule has 0 aromatic carbocycles. The standard InChI is InChI=1S/C22H46N3O11Si4/c1-12-15-23-20(26)24(16-13-18-37(8,9)35-39(29-2,30-3)31-4)22(28)25(21(23)27)17-14-19(25)38(10,11)36-40(32-5,33-6)34-7/h12,19H,1,13-18H2,2-11H3/q+1. The molecule has 2 saturated heterocycles. The van der Waals surface area contributed by atoms with E-state index in [9.17, 15) is 14.4 Å². The minimum absolute atomic E-state index is 0.0170. The Morgan fingerprint density at radius 1 is 0.825 bits per heavy atom. The van der Waals surface area contributed by atoms with Crippen LogP contribution in [-0.2, 0) is 34.8 Å². The summed E-state index contributed by atoms with van der Waals surface area (Å²) in [4.78, 5) is 43.6. The summed E-state index contributed by atoms with van der Waals surface area (Å²) in [5, 5.41) is 0. The summed E-state index contributed by atoms with van der Waals surface area (Å²) in [7, 11) is -3.31. The first-order valence-corrected chi connectivity index (χ1v) is 22.4. The molecule has 0 bridgehead atoms. The lowest BCUT2D eigenvalue weighted by molar-refractivity contribution is -0.837. The number of hydrogen-bond donors (Lipinski definition) is 0. The van der Waals surface area contributed by atoms with Gasteiger partial charge in [0.25, 0.3) is 0 Å². The smallest absolute Gasteiger partial charge is 0.394 e. The van der Waals surface area contributed by atoms with Gasteiger partial charge < -0.3 is 34.8 Å². The molecule has 40 heavy (non-hydrogen) atoms. The molecule has 14 nitrogen and oxygen atoms in total. The van der Waals surface area contributed by atoms with Crippen molar-refractivity contribution >= 4 is 52.8 Å². The second-order valence-electron chi connectivity index (χ2n) is 10.7. The Balaban J connectivity index is 2.34. The summed E-state index contributed by atoms with van der Waals surface area (Å²) < 4.78 is 44.7. The molecule has 0 radical (unpaired) electrons. The van der Waals surface area contributed by atoms with Crippen LogP contribution < -0.4 is 0 Å². The maximum absolute atomic E-state index is 14.1. The van der Waals surface area contributed by atoms with Crippen molar-refractivity contribution < 1.29 is 53.7 Å². The molecule has 2 unspecified atom stereocenters. The molecule has 0 N–H and O–H groups in total. The quantitative estimate of drug-likeness (QED) is 0.132. The molecule has 2 fully saturated rings. The predicted octanol–water partition coefficient (Wildman–Crippen LogP) is 2.86. The lowest BCUT2D eigenvalue weighted by atomic mass is 10.1. The molecular formula is C22H46N3O11Si4+.